The molecular formula is C9H17. The van der Waals surface area contributed by atoms with Crippen molar-refractivity contribution in [1.29, 1.82) is 0 Å². The molecule has 1 saturated carbocycles. The lowest BCUT2D eigenvalue weighted by molar-refractivity contribution is 0.295. The molecule has 0 heterocycles. The molecule has 3 unspecified atom stereocenters. The molecule has 0 amide bonds. The first kappa shape index (κ1) is 7.11. The van der Waals surface area contributed by atoms with Crippen molar-refractivity contribution in [3.05, 3.63) is 6.42 Å². The summed E-state index contributed by atoms with van der Waals surface area (Å²) in [4.78, 5) is 0. The molecule has 53 valence electrons. The van der Waals surface area contributed by atoms with Crippen molar-refractivity contribution in [2.45, 2.75) is 33.6 Å². The van der Waals surface area contributed by atoms with Gasteiger partial charge < -0.3 is 0 Å². The van der Waals surface area contributed by atoms with Gasteiger partial charge in [0.2, 0.25) is 0 Å². The summed E-state index contributed by atoms with van der Waals surface area (Å²) in [5, 5.41) is 0. The topological polar surface area (TPSA) is 0 Å². The molecule has 9 heavy (non-hydrogen) atoms. The van der Waals surface area contributed by atoms with Crippen molar-refractivity contribution >= 4 is 0 Å². The Hall–Kier alpha value is 0. The first-order valence-corrected chi connectivity index (χ1v) is 4.05. The maximum absolute atomic E-state index is 2.49. The Balaban J connectivity index is 2.35. The third kappa shape index (κ3) is 1.70. The quantitative estimate of drug-likeness (QED) is 0.467. The second kappa shape index (κ2) is 2.72. The maximum Gasteiger partial charge on any atom is -0.0327 e. The highest BCUT2D eigenvalue weighted by Gasteiger charge is 2.21. The molecule has 0 spiro atoms. The Labute approximate surface area is 58.7 Å². The lowest BCUT2D eigenvalue weighted by Crippen LogP contribution is -2.19. The minimum atomic E-state index is 0.855. The highest BCUT2D eigenvalue weighted by Crippen LogP contribution is 2.31. The summed E-state index contributed by atoms with van der Waals surface area (Å²) in [5.41, 5.74) is 0. The fourth-order valence-electron chi connectivity index (χ4n) is 1.59. The summed E-state index contributed by atoms with van der Waals surface area (Å²) in [5.74, 6) is 2.66. The lowest BCUT2D eigenvalue weighted by Gasteiger charge is -2.29. The molecule has 1 radical (unpaired) electrons. The summed E-state index contributed by atoms with van der Waals surface area (Å²) in [6.07, 6.45) is 5.33. The molecule has 0 N–H and O–H groups in total. The van der Waals surface area contributed by atoms with E-state index in [9.17, 15) is 0 Å². The maximum atomic E-state index is 2.49. The molecule has 1 rings (SSSR count). The van der Waals surface area contributed by atoms with Gasteiger partial charge in [-0.3, -0.25) is 0 Å². The molecule has 0 aliphatic heterocycles. The van der Waals surface area contributed by atoms with E-state index in [1.54, 1.807) is 0 Å². The Morgan fingerprint density at radius 1 is 1.11 bits per heavy atom. The van der Waals surface area contributed by atoms with Gasteiger partial charge in [-0.1, -0.05) is 33.6 Å². The van der Waals surface area contributed by atoms with Gasteiger partial charge in [0.05, 0.1) is 0 Å². The molecule has 0 heteroatoms. The highest BCUT2D eigenvalue weighted by molar-refractivity contribution is 4.86. The van der Waals surface area contributed by atoms with Gasteiger partial charge in [-0.15, -0.1) is 0 Å². The molecule has 0 aromatic carbocycles. The summed E-state index contributed by atoms with van der Waals surface area (Å²) in [6.45, 7) is 7.01. The van der Waals surface area contributed by atoms with Crippen LogP contribution in [0.2, 0.25) is 0 Å². The van der Waals surface area contributed by atoms with E-state index in [2.05, 4.69) is 27.2 Å². The fourth-order valence-corrected chi connectivity index (χ4v) is 1.59. The smallest absolute Gasteiger partial charge is 0.0327 e. The van der Waals surface area contributed by atoms with E-state index in [4.69, 9.17) is 0 Å². The van der Waals surface area contributed by atoms with E-state index >= 15 is 0 Å². The van der Waals surface area contributed by atoms with Gasteiger partial charge in [-0.2, -0.15) is 0 Å². The Morgan fingerprint density at radius 2 is 1.78 bits per heavy atom. The average molecular weight is 125 g/mol. The molecule has 0 aromatic heterocycles. The second-order valence-corrected chi connectivity index (χ2v) is 3.58. The SMILES string of the molecule is CC1[CH]C(C)C(C)CC1. The van der Waals surface area contributed by atoms with Crippen molar-refractivity contribution < 1.29 is 0 Å². The lowest BCUT2D eigenvalue weighted by atomic mass is 9.77. The highest BCUT2D eigenvalue weighted by atomic mass is 14.3. The van der Waals surface area contributed by atoms with Crippen LogP contribution in [0.5, 0.6) is 0 Å². The minimum absolute atomic E-state index is 0.855. The largest absolute Gasteiger partial charge is 0.0622 e. The van der Waals surface area contributed by atoms with Crippen molar-refractivity contribution in [1.82, 2.24) is 0 Å². The van der Waals surface area contributed by atoms with Crippen molar-refractivity contribution in [2.24, 2.45) is 17.8 Å². The zero-order valence-corrected chi connectivity index (χ0v) is 6.72. The van der Waals surface area contributed by atoms with Gasteiger partial charge in [0.1, 0.15) is 0 Å². The van der Waals surface area contributed by atoms with Crippen LogP contribution in [0.4, 0.5) is 0 Å². The van der Waals surface area contributed by atoms with Crippen LogP contribution < -0.4 is 0 Å². The van der Waals surface area contributed by atoms with Gasteiger partial charge >= 0.3 is 0 Å². The standard InChI is InChI=1S/C9H17/c1-7-4-5-8(2)9(3)6-7/h6-9H,4-5H2,1-3H3. The minimum Gasteiger partial charge on any atom is -0.0622 e. The average Bonchev–Trinajstić information content (AvgIpc) is 1.80. The summed E-state index contributed by atoms with van der Waals surface area (Å²) < 4.78 is 0. The molecule has 1 fully saturated rings. The molecule has 3 atom stereocenters. The van der Waals surface area contributed by atoms with E-state index in [0.29, 0.717) is 0 Å². The van der Waals surface area contributed by atoms with E-state index < -0.39 is 0 Å². The van der Waals surface area contributed by atoms with Crippen LogP contribution in [0.15, 0.2) is 0 Å². The third-order valence-electron chi connectivity index (χ3n) is 2.61. The van der Waals surface area contributed by atoms with E-state index in [1.165, 1.54) is 12.8 Å². The predicted molar refractivity (Wildman–Crippen MR) is 41.0 cm³/mol. The Morgan fingerprint density at radius 3 is 2.22 bits per heavy atom. The zero-order valence-electron chi connectivity index (χ0n) is 6.72. The van der Waals surface area contributed by atoms with Crippen molar-refractivity contribution in [2.75, 3.05) is 0 Å². The van der Waals surface area contributed by atoms with E-state index in [0.717, 1.165) is 17.8 Å². The van der Waals surface area contributed by atoms with Gasteiger partial charge in [0, 0.05) is 0 Å². The Kier molecular flexibility index (Phi) is 2.15. The van der Waals surface area contributed by atoms with Gasteiger partial charge in [-0.25, -0.2) is 0 Å². The normalized spacial score (nSPS) is 45.0. The number of rotatable bonds is 0. The zero-order chi connectivity index (χ0) is 6.85. The van der Waals surface area contributed by atoms with Crippen LogP contribution in [-0.2, 0) is 0 Å². The molecule has 0 saturated heterocycles. The van der Waals surface area contributed by atoms with E-state index in [-0.39, 0.29) is 0 Å². The summed E-state index contributed by atoms with van der Waals surface area (Å²) >= 11 is 0. The molecule has 0 aromatic rings. The molecule has 0 bridgehead atoms. The van der Waals surface area contributed by atoms with Crippen LogP contribution in [0, 0.1) is 24.2 Å². The first-order valence-electron chi connectivity index (χ1n) is 4.05. The van der Waals surface area contributed by atoms with Crippen LogP contribution in [0.25, 0.3) is 0 Å². The van der Waals surface area contributed by atoms with Gasteiger partial charge in [0.15, 0.2) is 0 Å². The fraction of sp³-hybridized carbons (Fsp3) is 0.889. The molecule has 0 nitrogen and oxygen atoms in total. The van der Waals surface area contributed by atoms with Crippen LogP contribution in [-0.4, -0.2) is 0 Å². The molecular weight excluding hydrogens is 108 g/mol. The first-order chi connectivity index (χ1) is 4.20. The van der Waals surface area contributed by atoms with Crippen LogP contribution in [0.1, 0.15) is 33.6 Å². The second-order valence-electron chi connectivity index (χ2n) is 3.58. The molecule has 1 aliphatic carbocycles. The van der Waals surface area contributed by atoms with Crippen LogP contribution >= 0.6 is 0 Å². The van der Waals surface area contributed by atoms with Crippen molar-refractivity contribution in [3.8, 4) is 0 Å². The predicted octanol–water partition coefficient (Wildman–Crippen LogP) is 2.89. The van der Waals surface area contributed by atoms with E-state index in [1.807, 2.05) is 0 Å². The third-order valence-corrected chi connectivity index (χ3v) is 2.61. The van der Waals surface area contributed by atoms with Gasteiger partial charge in [-0.05, 0) is 24.2 Å². The number of hydrogen-bond acceptors (Lipinski definition) is 0. The number of hydrogen-bond donors (Lipinski definition) is 0. The summed E-state index contributed by atoms with van der Waals surface area (Å²) in [7, 11) is 0. The van der Waals surface area contributed by atoms with Crippen molar-refractivity contribution in [3.63, 3.8) is 0 Å². The molecule has 1 aliphatic rings. The summed E-state index contributed by atoms with van der Waals surface area (Å²) in [6, 6.07) is 0. The monoisotopic (exact) mass is 125 g/mol. The van der Waals surface area contributed by atoms with Gasteiger partial charge in [0.25, 0.3) is 0 Å². The van der Waals surface area contributed by atoms with Crippen LogP contribution in [0.3, 0.4) is 0 Å². The Bertz CT molecular complexity index is 86.0.